The summed E-state index contributed by atoms with van der Waals surface area (Å²) in [7, 11) is 1.91. The van der Waals surface area contributed by atoms with E-state index < -0.39 is 0 Å². The van der Waals surface area contributed by atoms with Crippen LogP contribution < -0.4 is 10.5 Å². The lowest BCUT2D eigenvalue weighted by Crippen LogP contribution is -2.02. The van der Waals surface area contributed by atoms with Gasteiger partial charge in [0.25, 0.3) is 0 Å². The maximum Gasteiger partial charge on any atom is 0.241 e. The molecule has 0 amide bonds. The summed E-state index contributed by atoms with van der Waals surface area (Å²) in [5.74, 6) is 0.416. The molecule has 0 saturated carbocycles. The van der Waals surface area contributed by atoms with Gasteiger partial charge >= 0.3 is 0 Å². The Morgan fingerprint density at radius 2 is 2.24 bits per heavy atom. The van der Waals surface area contributed by atoms with Crippen LogP contribution in [0.5, 0.6) is 5.88 Å². The van der Waals surface area contributed by atoms with Crippen LogP contribution in [0.4, 0.5) is 5.69 Å². The molecular weight excluding hydrogens is 238 g/mol. The molecule has 0 aliphatic carbocycles. The first-order chi connectivity index (χ1) is 8.22. The first-order valence-electron chi connectivity index (χ1n) is 5.10. The number of hydrogen-bond donors (Lipinski definition) is 1. The Morgan fingerprint density at radius 1 is 1.41 bits per heavy atom. The molecule has 2 rings (SSSR count). The molecule has 0 atom stereocenters. The van der Waals surface area contributed by atoms with Gasteiger partial charge in [-0.15, -0.1) is 0 Å². The van der Waals surface area contributed by atoms with Crippen LogP contribution in [-0.2, 0) is 7.05 Å². The van der Waals surface area contributed by atoms with E-state index in [1.807, 2.05) is 24.7 Å². The van der Waals surface area contributed by atoms with Gasteiger partial charge in [0.05, 0.1) is 6.61 Å². The van der Waals surface area contributed by atoms with Gasteiger partial charge in [-0.3, -0.25) is 0 Å². The zero-order valence-corrected chi connectivity index (χ0v) is 10.4. The lowest BCUT2D eigenvalue weighted by molar-refractivity contribution is 0.327. The van der Waals surface area contributed by atoms with Crippen molar-refractivity contribution < 1.29 is 4.74 Å². The van der Waals surface area contributed by atoms with Crippen molar-refractivity contribution in [3.63, 3.8) is 0 Å². The van der Waals surface area contributed by atoms with Gasteiger partial charge in [-0.05, 0) is 18.7 Å². The fourth-order valence-corrected chi connectivity index (χ4v) is 2.02. The third-order valence-corrected chi connectivity index (χ3v) is 3.15. The third kappa shape index (κ3) is 2.50. The van der Waals surface area contributed by atoms with Crippen molar-refractivity contribution >= 4 is 17.4 Å². The first-order valence-corrected chi connectivity index (χ1v) is 5.92. The Morgan fingerprint density at radius 3 is 2.88 bits per heavy atom. The number of ether oxygens (including phenoxy) is 1. The highest BCUT2D eigenvalue weighted by atomic mass is 32.2. The van der Waals surface area contributed by atoms with Crippen LogP contribution >= 0.6 is 11.8 Å². The van der Waals surface area contributed by atoms with E-state index in [9.17, 15) is 0 Å². The second kappa shape index (κ2) is 5.05. The normalized spacial score (nSPS) is 10.5. The van der Waals surface area contributed by atoms with Crippen molar-refractivity contribution in [3.8, 4) is 5.88 Å². The summed E-state index contributed by atoms with van der Waals surface area (Å²) in [5, 5.41) is 1.47. The van der Waals surface area contributed by atoms with Gasteiger partial charge in [-0.1, -0.05) is 0 Å². The van der Waals surface area contributed by atoms with Crippen molar-refractivity contribution in [2.24, 2.45) is 7.05 Å². The molecule has 2 aromatic rings. The minimum Gasteiger partial charge on any atom is -0.476 e. The van der Waals surface area contributed by atoms with E-state index in [0.29, 0.717) is 23.2 Å². The zero-order valence-electron chi connectivity index (χ0n) is 9.62. The fraction of sp³-hybridized carbons (Fsp3) is 0.300. The maximum atomic E-state index is 5.93. The number of aryl methyl sites for hydroxylation is 1. The number of nitrogen functional groups attached to an aromatic ring is 1. The van der Waals surface area contributed by atoms with Crippen LogP contribution in [-0.4, -0.2) is 26.1 Å². The Kier molecular flexibility index (Phi) is 3.48. The number of aromatic nitrogens is 4. The summed E-state index contributed by atoms with van der Waals surface area (Å²) >= 11 is 1.38. The number of nitrogens with two attached hydrogens (primary N) is 1. The van der Waals surface area contributed by atoms with Gasteiger partial charge in [0.1, 0.15) is 17.0 Å². The highest BCUT2D eigenvalue weighted by molar-refractivity contribution is 7.99. The SMILES string of the molecule is CCOc1ncnc(Sc2nccn2C)c1N. The summed E-state index contributed by atoms with van der Waals surface area (Å²) in [5.41, 5.74) is 6.37. The molecule has 2 aromatic heterocycles. The average molecular weight is 251 g/mol. The summed E-state index contributed by atoms with van der Waals surface area (Å²) < 4.78 is 7.21. The van der Waals surface area contributed by atoms with E-state index in [1.54, 1.807) is 6.20 Å². The smallest absolute Gasteiger partial charge is 0.241 e. The maximum absolute atomic E-state index is 5.93. The largest absolute Gasteiger partial charge is 0.476 e. The number of imidazole rings is 1. The van der Waals surface area contributed by atoms with Crippen LogP contribution in [0.1, 0.15) is 6.92 Å². The molecule has 7 heteroatoms. The van der Waals surface area contributed by atoms with E-state index in [-0.39, 0.29) is 0 Å². The van der Waals surface area contributed by atoms with Crippen molar-refractivity contribution in [1.82, 2.24) is 19.5 Å². The molecule has 0 spiro atoms. The van der Waals surface area contributed by atoms with Crippen LogP contribution in [0.2, 0.25) is 0 Å². The van der Waals surface area contributed by atoms with E-state index in [2.05, 4.69) is 15.0 Å². The average Bonchev–Trinajstić information content (AvgIpc) is 2.70. The monoisotopic (exact) mass is 251 g/mol. The topological polar surface area (TPSA) is 78.9 Å². The van der Waals surface area contributed by atoms with Gasteiger partial charge in [-0.25, -0.2) is 9.97 Å². The molecule has 17 heavy (non-hydrogen) atoms. The molecule has 2 heterocycles. The molecule has 0 radical (unpaired) electrons. The van der Waals surface area contributed by atoms with Crippen molar-refractivity contribution in [2.45, 2.75) is 17.1 Å². The third-order valence-electron chi connectivity index (χ3n) is 2.06. The Balaban J connectivity index is 2.27. The van der Waals surface area contributed by atoms with E-state index >= 15 is 0 Å². The van der Waals surface area contributed by atoms with Gasteiger partial charge in [0.15, 0.2) is 5.16 Å². The summed E-state index contributed by atoms with van der Waals surface area (Å²) in [4.78, 5) is 12.3. The molecule has 6 nitrogen and oxygen atoms in total. The van der Waals surface area contributed by atoms with Gasteiger partial charge in [0.2, 0.25) is 5.88 Å². The molecule has 0 unspecified atom stereocenters. The van der Waals surface area contributed by atoms with Gasteiger partial charge in [-0.2, -0.15) is 4.98 Å². The lowest BCUT2D eigenvalue weighted by atomic mass is 10.5. The lowest BCUT2D eigenvalue weighted by Gasteiger charge is -2.08. The van der Waals surface area contributed by atoms with Crippen molar-refractivity contribution in [3.05, 3.63) is 18.7 Å². The van der Waals surface area contributed by atoms with Gasteiger partial charge < -0.3 is 15.0 Å². The van der Waals surface area contributed by atoms with Crippen LogP contribution in [0, 0.1) is 0 Å². The quantitative estimate of drug-likeness (QED) is 0.826. The van der Waals surface area contributed by atoms with E-state index in [0.717, 1.165) is 5.16 Å². The van der Waals surface area contributed by atoms with E-state index in [4.69, 9.17) is 10.5 Å². The molecule has 0 aliphatic heterocycles. The highest BCUT2D eigenvalue weighted by Gasteiger charge is 2.12. The predicted octanol–water partition coefficient (Wildman–Crippen LogP) is 1.34. The molecule has 0 saturated heterocycles. The Hall–Kier alpha value is -1.76. The Bertz CT molecular complexity index is 513. The molecule has 0 fully saturated rings. The van der Waals surface area contributed by atoms with Crippen LogP contribution in [0.25, 0.3) is 0 Å². The summed E-state index contributed by atoms with van der Waals surface area (Å²) in [6.07, 6.45) is 5.03. The number of rotatable bonds is 4. The minimum atomic E-state index is 0.416. The zero-order chi connectivity index (χ0) is 12.3. The second-order valence-electron chi connectivity index (χ2n) is 3.25. The number of anilines is 1. The van der Waals surface area contributed by atoms with E-state index in [1.165, 1.54) is 18.1 Å². The second-order valence-corrected chi connectivity index (χ2v) is 4.21. The highest BCUT2D eigenvalue weighted by Crippen LogP contribution is 2.32. The molecule has 90 valence electrons. The van der Waals surface area contributed by atoms with Crippen LogP contribution in [0.3, 0.4) is 0 Å². The molecular formula is C10H13N5OS. The standard InChI is InChI=1S/C10H13N5OS/c1-3-16-8-7(11)9(14-6-13-8)17-10-12-4-5-15(10)2/h4-6H,3,11H2,1-2H3. The van der Waals surface area contributed by atoms with Crippen molar-refractivity contribution in [1.29, 1.82) is 0 Å². The van der Waals surface area contributed by atoms with Crippen molar-refractivity contribution in [2.75, 3.05) is 12.3 Å². The molecule has 0 aliphatic rings. The first kappa shape index (κ1) is 11.7. The molecule has 2 N–H and O–H groups in total. The fourth-order valence-electron chi connectivity index (χ4n) is 1.23. The minimum absolute atomic E-state index is 0.416. The predicted molar refractivity (Wildman–Crippen MR) is 64.9 cm³/mol. The summed E-state index contributed by atoms with van der Waals surface area (Å²) in [6, 6.07) is 0. The van der Waals surface area contributed by atoms with Crippen LogP contribution in [0.15, 0.2) is 28.9 Å². The molecule has 0 aromatic carbocycles. The molecule has 0 bridgehead atoms. The number of hydrogen-bond acceptors (Lipinski definition) is 6. The van der Waals surface area contributed by atoms with Gasteiger partial charge in [0, 0.05) is 19.4 Å². The summed E-state index contributed by atoms with van der Waals surface area (Å²) in [6.45, 7) is 2.40. The number of nitrogens with zero attached hydrogens (tertiary/aromatic N) is 4. The Labute approximate surface area is 103 Å².